The van der Waals surface area contributed by atoms with Gasteiger partial charge in [0.2, 0.25) is 11.8 Å². The minimum atomic E-state index is -0.0439. The summed E-state index contributed by atoms with van der Waals surface area (Å²) in [6.45, 7) is 7.38. The Hall–Kier alpha value is -1.62. The Morgan fingerprint density at radius 3 is 2.94 bits per heavy atom. The van der Waals surface area contributed by atoms with Crippen LogP contribution in [0.15, 0.2) is 18.3 Å². The Morgan fingerprint density at radius 1 is 1.50 bits per heavy atom. The first-order chi connectivity index (χ1) is 8.63. The van der Waals surface area contributed by atoms with Crippen molar-refractivity contribution in [3.8, 4) is 5.88 Å². The van der Waals surface area contributed by atoms with Crippen molar-refractivity contribution < 1.29 is 9.53 Å². The summed E-state index contributed by atoms with van der Waals surface area (Å²) >= 11 is 0. The van der Waals surface area contributed by atoms with Gasteiger partial charge in [-0.1, -0.05) is 6.92 Å². The van der Waals surface area contributed by atoms with Crippen LogP contribution in [0.25, 0.3) is 0 Å². The van der Waals surface area contributed by atoms with Gasteiger partial charge in [0.05, 0.1) is 6.10 Å². The lowest BCUT2D eigenvalue weighted by Gasteiger charge is -2.13. The Morgan fingerprint density at radius 2 is 2.28 bits per heavy atom. The third-order valence-electron chi connectivity index (χ3n) is 2.17. The predicted molar refractivity (Wildman–Crippen MR) is 71.8 cm³/mol. The van der Waals surface area contributed by atoms with Crippen LogP contribution in [0.1, 0.15) is 27.2 Å². The van der Waals surface area contributed by atoms with Gasteiger partial charge in [0.15, 0.2) is 0 Å². The van der Waals surface area contributed by atoms with E-state index in [9.17, 15) is 4.79 Å². The number of ether oxygens (including phenoxy) is 1. The highest BCUT2D eigenvalue weighted by Gasteiger charge is 2.09. The molecule has 0 radical (unpaired) electrons. The quantitative estimate of drug-likeness (QED) is 0.725. The van der Waals surface area contributed by atoms with Gasteiger partial charge in [-0.15, -0.1) is 0 Å². The van der Waals surface area contributed by atoms with E-state index in [1.54, 1.807) is 18.3 Å². The molecular weight excluding hydrogens is 230 g/mol. The first-order valence-electron chi connectivity index (χ1n) is 6.25. The van der Waals surface area contributed by atoms with Crippen molar-refractivity contribution in [1.82, 2.24) is 10.3 Å². The highest BCUT2D eigenvalue weighted by atomic mass is 16.5. The topological polar surface area (TPSA) is 63.2 Å². The van der Waals surface area contributed by atoms with Crippen molar-refractivity contribution >= 4 is 11.6 Å². The lowest BCUT2D eigenvalue weighted by molar-refractivity contribution is -0.116. The smallest absolute Gasteiger partial charge is 0.238 e. The van der Waals surface area contributed by atoms with Crippen molar-refractivity contribution in [3.63, 3.8) is 0 Å². The van der Waals surface area contributed by atoms with Crippen molar-refractivity contribution in [1.29, 1.82) is 0 Å². The summed E-state index contributed by atoms with van der Waals surface area (Å²) in [6.07, 6.45) is 2.10. The number of anilines is 1. The zero-order valence-electron chi connectivity index (χ0n) is 11.2. The first kappa shape index (κ1) is 14.4. The normalized spacial score (nSPS) is 10.4. The summed E-state index contributed by atoms with van der Waals surface area (Å²) in [5.41, 5.74) is 0.618. The van der Waals surface area contributed by atoms with E-state index < -0.39 is 0 Å². The van der Waals surface area contributed by atoms with E-state index in [-0.39, 0.29) is 12.0 Å². The molecule has 2 N–H and O–H groups in total. The van der Waals surface area contributed by atoms with Gasteiger partial charge >= 0.3 is 0 Å². The largest absolute Gasteiger partial charge is 0.473 e. The van der Waals surface area contributed by atoms with Crippen molar-refractivity contribution in [2.24, 2.45) is 0 Å². The molecule has 0 atom stereocenters. The van der Waals surface area contributed by atoms with Crippen LogP contribution in [-0.2, 0) is 4.79 Å². The van der Waals surface area contributed by atoms with E-state index in [1.165, 1.54) is 0 Å². The van der Waals surface area contributed by atoms with E-state index in [0.717, 1.165) is 6.54 Å². The fraction of sp³-hybridized carbons (Fsp3) is 0.538. The van der Waals surface area contributed by atoms with E-state index in [0.29, 0.717) is 24.5 Å². The number of aromatic nitrogens is 1. The lowest BCUT2D eigenvalue weighted by Crippen LogP contribution is -2.22. The Balaban J connectivity index is 2.57. The fourth-order valence-corrected chi connectivity index (χ4v) is 1.39. The van der Waals surface area contributed by atoms with Crippen LogP contribution in [0.4, 0.5) is 5.69 Å². The number of nitrogens with one attached hydrogen (secondary N) is 2. The molecule has 0 unspecified atom stereocenters. The van der Waals surface area contributed by atoms with Crippen LogP contribution in [0.5, 0.6) is 5.88 Å². The lowest BCUT2D eigenvalue weighted by atomic mass is 10.3. The molecular formula is C13H21N3O2. The molecule has 0 bridgehead atoms. The molecule has 1 aromatic rings. The highest BCUT2D eigenvalue weighted by molar-refractivity contribution is 5.91. The number of rotatable bonds is 7. The molecule has 0 spiro atoms. The molecule has 0 fully saturated rings. The van der Waals surface area contributed by atoms with Crippen molar-refractivity contribution in [2.45, 2.75) is 33.3 Å². The van der Waals surface area contributed by atoms with Gasteiger partial charge < -0.3 is 15.4 Å². The average molecular weight is 251 g/mol. The van der Waals surface area contributed by atoms with Gasteiger partial charge in [-0.3, -0.25) is 4.79 Å². The van der Waals surface area contributed by atoms with Crippen molar-refractivity contribution in [2.75, 3.05) is 18.4 Å². The van der Waals surface area contributed by atoms with Crippen molar-refractivity contribution in [3.05, 3.63) is 18.3 Å². The summed E-state index contributed by atoms with van der Waals surface area (Å²) in [4.78, 5) is 15.8. The maximum Gasteiger partial charge on any atom is 0.238 e. The number of amides is 1. The van der Waals surface area contributed by atoms with Gasteiger partial charge in [-0.2, -0.15) is 0 Å². The van der Waals surface area contributed by atoms with Gasteiger partial charge in [-0.05, 0) is 32.5 Å². The van der Waals surface area contributed by atoms with E-state index in [2.05, 4.69) is 15.6 Å². The summed E-state index contributed by atoms with van der Waals surface area (Å²) in [5, 5.41) is 5.91. The zero-order chi connectivity index (χ0) is 13.4. The molecule has 0 aliphatic carbocycles. The second-order valence-corrected chi connectivity index (χ2v) is 4.17. The molecule has 5 heteroatoms. The van der Waals surface area contributed by atoms with Crippen LogP contribution in [-0.4, -0.2) is 30.1 Å². The molecule has 100 valence electrons. The molecule has 1 aromatic heterocycles. The summed E-state index contributed by atoms with van der Waals surface area (Å²) in [6, 6.07) is 3.56. The Labute approximate surface area is 108 Å². The van der Waals surface area contributed by atoms with E-state index in [1.807, 2.05) is 20.8 Å². The highest BCUT2D eigenvalue weighted by Crippen LogP contribution is 2.21. The average Bonchev–Trinajstić information content (AvgIpc) is 2.31. The fourth-order valence-electron chi connectivity index (χ4n) is 1.39. The zero-order valence-corrected chi connectivity index (χ0v) is 11.2. The molecule has 1 rings (SSSR count). The minimum absolute atomic E-state index is 0.0253. The number of pyridine rings is 1. The molecule has 18 heavy (non-hydrogen) atoms. The maximum absolute atomic E-state index is 11.7. The molecule has 1 amide bonds. The van der Waals surface area contributed by atoms with Crippen LogP contribution in [0, 0.1) is 0 Å². The first-order valence-corrected chi connectivity index (χ1v) is 6.25. The van der Waals surface area contributed by atoms with E-state index >= 15 is 0 Å². The Bertz CT molecular complexity index is 380. The van der Waals surface area contributed by atoms with Crippen LogP contribution < -0.4 is 15.4 Å². The monoisotopic (exact) mass is 251 g/mol. The summed E-state index contributed by atoms with van der Waals surface area (Å²) in [5.74, 6) is 0.418. The maximum atomic E-state index is 11.7. The third kappa shape index (κ3) is 5.14. The van der Waals surface area contributed by atoms with Crippen LogP contribution >= 0.6 is 0 Å². The number of hydrogen-bond donors (Lipinski definition) is 2. The van der Waals surface area contributed by atoms with Gasteiger partial charge in [-0.25, -0.2) is 4.98 Å². The molecule has 0 saturated heterocycles. The van der Waals surface area contributed by atoms with Crippen LogP contribution in [0.3, 0.4) is 0 Å². The molecule has 0 aromatic carbocycles. The predicted octanol–water partition coefficient (Wildman–Crippen LogP) is 1.81. The summed E-state index contributed by atoms with van der Waals surface area (Å²) in [7, 11) is 0. The molecule has 0 aliphatic heterocycles. The second kappa shape index (κ2) is 7.66. The molecule has 1 heterocycles. The summed E-state index contributed by atoms with van der Waals surface area (Å²) < 4.78 is 5.53. The van der Waals surface area contributed by atoms with Gasteiger partial charge in [0.1, 0.15) is 5.69 Å². The van der Waals surface area contributed by atoms with E-state index in [4.69, 9.17) is 4.74 Å². The van der Waals surface area contributed by atoms with Crippen LogP contribution in [0.2, 0.25) is 0 Å². The molecule has 0 saturated carbocycles. The number of hydrogen-bond acceptors (Lipinski definition) is 4. The molecule has 0 aliphatic rings. The van der Waals surface area contributed by atoms with Gasteiger partial charge in [0.25, 0.3) is 0 Å². The number of carbonyl (C=O) groups is 1. The SMILES string of the molecule is CCNCCC(=O)Nc1cccnc1OC(C)C. The number of nitrogens with zero attached hydrogens (tertiary/aromatic N) is 1. The molecule has 5 nitrogen and oxygen atoms in total. The van der Waals surface area contributed by atoms with Gasteiger partial charge in [0, 0.05) is 19.2 Å². The number of carbonyl (C=O) groups excluding carboxylic acids is 1. The Kier molecular flexibility index (Phi) is 6.14. The minimum Gasteiger partial charge on any atom is -0.473 e. The second-order valence-electron chi connectivity index (χ2n) is 4.17. The third-order valence-corrected chi connectivity index (χ3v) is 2.17. The standard InChI is InChI=1S/C13H21N3O2/c1-4-14-9-7-12(17)16-11-6-5-8-15-13(11)18-10(2)3/h5-6,8,10,14H,4,7,9H2,1-3H3,(H,16,17).